The lowest BCUT2D eigenvalue weighted by Crippen LogP contribution is -2.16. The second-order valence-electron chi connectivity index (χ2n) is 3.45. The number of hydrogen-bond donors (Lipinski definition) is 0. The second kappa shape index (κ2) is 6.75. The van der Waals surface area contributed by atoms with E-state index in [1.807, 2.05) is 18.2 Å². The molecule has 6 heteroatoms. The molecule has 0 aliphatic rings. The minimum Gasteiger partial charge on any atom is -0.491 e. The Balaban J connectivity index is 2.70. The van der Waals surface area contributed by atoms with Gasteiger partial charge in [0.05, 0.1) is 10.2 Å². The second-order valence-corrected chi connectivity index (χ2v) is 7.33. The number of hydrogen-bond acceptors (Lipinski definition) is 3. The maximum Gasteiger partial charge on any atom is 0.153 e. The molecule has 0 saturated carbocycles. The maximum absolute atomic E-state index is 11.3. The lowest BCUT2D eigenvalue weighted by atomic mass is 10.2. The molecule has 0 unspecified atom stereocenters. The standard InChI is InChI=1S/C11H14Br2O3S/c1-2-17(14,15)7-6-16-11-9(8-12)4-3-5-10(11)13/h3-5H,2,6-8H2,1H3. The topological polar surface area (TPSA) is 43.4 Å². The van der Waals surface area contributed by atoms with Crippen molar-refractivity contribution in [3.05, 3.63) is 28.2 Å². The molecule has 0 bridgehead atoms. The summed E-state index contributed by atoms with van der Waals surface area (Å²) in [5, 5.41) is 0.669. The van der Waals surface area contributed by atoms with Crippen LogP contribution in [-0.2, 0) is 15.2 Å². The fraction of sp³-hybridized carbons (Fsp3) is 0.455. The Morgan fingerprint density at radius 1 is 1.35 bits per heavy atom. The molecule has 0 aromatic heterocycles. The van der Waals surface area contributed by atoms with E-state index in [4.69, 9.17) is 4.74 Å². The lowest BCUT2D eigenvalue weighted by molar-refractivity contribution is 0.336. The molecule has 1 rings (SSSR count). The Bertz CT molecular complexity index is 472. The first-order chi connectivity index (χ1) is 8.00. The van der Waals surface area contributed by atoms with Crippen molar-refractivity contribution in [3.8, 4) is 5.75 Å². The van der Waals surface area contributed by atoms with Crippen LogP contribution in [0.5, 0.6) is 5.75 Å². The summed E-state index contributed by atoms with van der Waals surface area (Å²) in [7, 11) is -2.97. The van der Waals surface area contributed by atoms with Gasteiger partial charge in [-0.2, -0.15) is 0 Å². The van der Waals surface area contributed by atoms with Gasteiger partial charge in [0.1, 0.15) is 12.4 Å². The van der Waals surface area contributed by atoms with Gasteiger partial charge >= 0.3 is 0 Å². The summed E-state index contributed by atoms with van der Waals surface area (Å²) in [4.78, 5) is 0. The normalized spacial score (nSPS) is 11.5. The number of ether oxygens (including phenoxy) is 1. The van der Waals surface area contributed by atoms with Crippen molar-refractivity contribution < 1.29 is 13.2 Å². The molecule has 0 N–H and O–H groups in total. The smallest absolute Gasteiger partial charge is 0.153 e. The Morgan fingerprint density at radius 3 is 2.65 bits per heavy atom. The molecule has 96 valence electrons. The predicted octanol–water partition coefficient (Wildman–Crippen LogP) is 3.16. The van der Waals surface area contributed by atoms with E-state index in [2.05, 4.69) is 31.9 Å². The van der Waals surface area contributed by atoms with Crippen molar-refractivity contribution >= 4 is 41.7 Å². The van der Waals surface area contributed by atoms with E-state index in [0.29, 0.717) is 11.1 Å². The van der Waals surface area contributed by atoms with E-state index < -0.39 is 9.84 Å². The zero-order valence-corrected chi connectivity index (χ0v) is 13.4. The predicted molar refractivity (Wildman–Crippen MR) is 76.6 cm³/mol. The van der Waals surface area contributed by atoms with Crippen LogP contribution in [0.1, 0.15) is 12.5 Å². The Kier molecular flexibility index (Phi) is 5.95. The first-order valence-electron chi connectivity index (χ1n) is 5.16. The fourth-order valence-electron chi connectivity index (χ4n) is 1.24. The third-order valence-corrected chi connectivity index (χ3v) is 5.17. The third kappa shape index (κ3) is 4.60. The monoisotopic (exact) mass is 384 g/mol. The molecule has 0 saturated heterocycles. The van der Waals surface area contributed by atoms with Crippen molar-refractivity contribution in [3.63, 3.8) is 0 Å². The van der Waals surface area contributed by atoms with Crippen LogP contribution < -0.4 is 4.74 Å². The zero-order chi connectivity index (χ0) is 12.9. The van der Waals surface area contributed by atoms with Crippen LogP contribution in [0, 0.1) is 0 Å². The maximum atomic E-state index is 11.3. The Hall–Kier alpha value is -0.0700. The fourth-order valence-corrected chi connectivity index (χ4v) is 2.82. The summed E-state index contributed by atoms with van der Waals surface area (Å²) < 4.78 is 29.0. The van der Waals surface area contributed by atoms with E-state index in [0.717, 1.165) is 10.0 Å². The SMILES string of the molecule is CCS(=O)(=O)CCOc1c(Br)cccc1CBr. The summed E-state index contributed by atoms with van der Waals surface area (Å²) >= 11 is 6.76. The van der Waals surface area contributed by atoms with Crippen LogP contribution in [0.25, 0.3) is 0 Å². The highest BCUT2D eigenvalue weighted by atomic mass is 79.9. The highest BCUT2D eigenvalue weighted by Crippen LogP contribution is 2.30. The number of sulfone groups is 1. The molecule has 0 radical (unpaired) electrons. The lowest BCUT2D eigenvalue weighted by Gasteiger charge is -2.11. The summed E-state index contributed by atoms with van der Waals surface area (Å²) in [6.07, 6.45) is 0. The summed E-state index contributed by atoms with van der Waals surface area (Å²) in [6, 6.07) is 5.72. The summed E-state index contributed by atoms with van der Waals surface area (Å²) in [5.41, 5.74) is 0.994. The van der Waals surface area contributed by atoms with E-state index in [9.17, 15) is 8.42 Å². The molecular weight excluding hydrogens is 372 g/mol. The van der Waals surface area contributed by atoms with Crippen LogP contribution in [0.4, 0.5) is 0 Å². The summed E-state index contributed by atoms with van der Waals surface area (Å²) in [6.45, 7) is 1.82. The van der Waals surface area contributed by atoms with Gasteiger partial charge in [0.2, 0.25) is 0 Å². The quantitative estimate of drug-likeness (QED) is 0.706. The number of benzene rings is 1. The number of para-hydroxylation sites is 1. The molecule has 0 spiro atoms. The van der Waals surface area contributed by atoms with Gasteiger partial charge in [0, 0.05) is 16.6 Å². The van der Waals surface area contributed by atoms with Crippen LogP contribution in [0.15, 0.2) is 22.7 Å². The molecule has 0 fully saturated rings. The van der Waals surface area contributed by atoms with Crippen molar-refractivity contribution in [2.45, 2.75) is 12.3 Å². The van der Waals surface area contributed by atoms with E-state index in [-0.39, 0.29) is 18.1 Å². The van der Waals surface area contributed by atoms with Crippen LogP contribution in [0.2, 0.25) is 0 Å². The Morgan fingerprint density at radius 2 is 2.06 bits per heavy atom. The van der Waals surface area contributed by atoms with Gasteiger partial charge in [-0.3, -0.25) is 0 Å². The summed E-state index contributed by atoms with van der Waals surface area (Å²) in [5.74, 6) is 0.903. The third-order valence-electron chi connectivity index (χ3n) is 2.27. The largest absolute Gasteiger partial charge is 0.491 e. The van der Waals surface area contributed by atoms with E-state index in [1.54, 1.807) is 6.92 Å². The van der Waals surface area contributed by atoms with Crippen LogP contribution >= 0.6 is 31.9 Å². The van der Waals surface area contributed by atoms with Crippen molar-refractivity contribution in [2.75, 3.05) is 18.1 Å². The molecule has 1 aromatic carbocycles. The van der Waals surface area contributed by atoms with Gasteiger partial charge in [0.25, 0.3) is 0 Å². The van der Waals surface area contributed by atoms with Gasteiger partial charge in [0.15, 0.2) is 9.84 Å². The molecule has 1 aromatic rings. The van der Waals surface area contributed by atoms with E-state index in [1.165, 1.54) is 0 Å². The average Bonchev–Trinajstić information content (AvgIpc) is 2.31. The van der Waals surface area contributed by atoms with Gasteiger partial charge in [-0.05, 0) is 22.0 Å². The molecule has 0 aliphatic carbocycles. The molecular formula is C11H14Br2O3S. The first kappa shape index (κ1) is 15.0. The van der Waals surface area contributed by atoms with Gasteiger partial charge < -0.3 is 4.74 Å². The molecule has 0 heterocycles. The molecule has 0 atom stereocenters. The van der Waals surface area contributed by atoms with Crippen molar-refractivity contribution in [1.82, 2.24) is 0 Å². The highest BCUT2D eigenvalue weighted by molar-refractivity contribution is 9.10. The van der Waals surface area contributed by atoms with Gasteiger partial charge in [-0.25, -0.2) is 8.42 Å². The highest BCUT2D eigenvalue weighted by Gasteiger charge is 2.10. The van der Waals surface area contributed by atoms with Gasteiger partial charge in [-0.1, -0.05) is 35.0 Å². The number of halogens is 2. The van der Waals surface area contributed by atoms with Gasteiger partial charge in [-0.15, -0.1) is 0 Å². The molecule has 17 heavy (non-hydrogen) atoms. The first-order valence-corrected chi connectivity index (χ1v) is 8.90. The number of alkyl halides is 1. The van der Waals surface area contributed by atoms with Crippen LogP contribution in [-0.4, -0.2) is 26.5 Å². The average molecular weight is 386 g/mol. The zero-order valence-electron chi connectivity index (χ0n) is 9.45. The molecule has 0 aliphatic heterocycles. The van der Waals surface area contributed by atoms with Crippen molar-refractivity contribution in [2.24, 2.45) is 0 Å². The Labute approximate surface area is 119 Å². The van der Waals surface area contributed by atoms with Crippen LogP contribution in [0.3, 0.4) is 0 Å². The molecule has 3 nitrogen and oxygen atoms in total. The van der Waals surface area contributed by atoms with E-state index >= 15 is 0 Å². The molecule has 0 amide bonds. The van der Waals surface area contributed by atoms with Crippen molar-refractivity contribution in [1.29, 1.82) is 0 Å². The minimum atomic E-state index is -2.97. The minimum absolute atomic E-state index is 0.0482. The number of rotatable bonds is 6.